The van der Waals surface area contributed by atoms with Crippen molar-refractivity contribution in [3.63, 3.8) is 0 Å². The largest absolute Gasteiger partial charge is 0.373 e. The highest BCUT2D eigenvalue weighted by molar-refractivity contribution is 7.14. The maximum atomic E-state index is 11.7. The first-order valence-electron chi connectivity index (χ1n) is 5.93. The van der Waals surface area contributed by atoms with Crippen LogP contribution in [0.2, 0.25) is 0 Å². The van der Waals surface area contributed by atoms with Gasteiger partial charge in [-0.3, -0.25) is 4.79 Å². The Morgan fingerprint density at radius 1 is 1.44 bits per heavy atom. The van der Waals surface area contributed by atoms with E-state index in [2.05, 4.69) is 0 Å². The number of ketones is 1. The molecule has 0 bridgehead atoms. The highest BCUT2D eigenvalue weighted by Gasteiger charge is 2.16. The van der Waals surface area contributed by atoms with Crippen molar-refractivity contribution in [2.45, 2.75) is 32.6 Å². The summed E-state index contributed by atoms with van der Waals surface area (Å²) in [4.78, 5) is 13.7. The number of carbonyl (C=O) groups excluding carboxylic acids is 1. The van der Waals surface area contributed by atoms with E-state index in [0.717, 1.165) is 11.5 Å². The summed E-state index contributed by atoms with van der Waals surface area (Å²) < 4.78 is 5.50. The van der Waals surface area contributed by atoms with Gasteiger partial charge in [0.05, 0.1) is 11.5 Å². The summed E-state index contributed by atoms with van der Waals surface area (Å²) >= 11 is 1.55. The SMILES string of the molecule is Cc1ccc(C(=O)COCC2CCCC2)s1. The molecule has 3 heteroatoms. The van der Waals surface area contributed by atoms with Crippen LogP contribution in [0.3, 0.4) is 0 Å². The van der Waals surface area contributed by atoms with E-state index in [1.54, 1.807) is 11.3 Å². The van der Waals surface area contributed by atoms with E-state index in [-0.39, 0.29) is 12.4 Å². The maximum Gasteiger partial charge on any atom is 0.198 e. The molecule has 0 unspecified atom stereocenters. The fraction of sp³-hybridized carbons (Fsp3) is 0.615. The number of Topliss-reactive ketones (excluding diaryl/α,β-unsaturated/α-hetero) is 1. The highest BCUT2D eigenvalue weighted by Crippen LogP contribution is 2.24. The third-order valence-corrected chi connectivity index (χ3v) is 4.12. The van der Waals surface area contributed by atoms with Gasteiger partial charge < -0.3 is 4.74 Å². The molecule has 0 atom stereocenters. The first-order chi connectivity index (χ1) is 7.75. The van der Waals surface area contributed by atoms with E-state index in [1.807, 2.05) is 19.1 Å². The molecule has 0 aliphatic heterocycles. The van der Waals surface area contributed by atoms with Crippen LogP contribution in [0, 0.1) is 12.8 Å². The average molecular weight is 238 g/mol. The zero-order valence-electron chi connectivity index (χ0n) is 9.70. The summed E-state index contributed by atoms with van der Waals surface area (Å²) in [6, 6.07) is 3.87. The number of carbonyl (C=O) groups is 1. The van der Waals surface area contributed by atoms with E-state index in [0.29, 0.717) is 5.92 Å². The molecule has 1 saturated carbocycles. The summed E-state index contributed by atoms with van der Waals surface area (Å²) in [5.41, 5.74) is 0. The molecule has 0 N–H and O–H groups in total. The molecule has 0 saturated heterocycles. The van der Waals surface area contributed by atoms with Crippen LogP contribution >= 0.6 is 11.3 Å². The van der Waals surface area contributed by atoms with Crippen LogP contribution in [0.5, 0.6) is 0 Å². The van der Waals surface area contributed by atoms with Crippen LogP contribution in [-0.4, -0.2) is 19.0 Å². The zero-order valence-corrected chi connectivity index (χ0v) is 10.5. The Morgan fingerprint density at radius 2 is 2.19 bits per heavy atom. The van der Waals surface area contributed by atoms with Gasteiger partial charge in [-0.2, -0.15) is 0 Å². The molecule has 2 rings (SSSR count). The molecule has 1 fully saturated rings. The van der Waals surface area contributed by atoms with Crippen molar-refractivity contribution in [1.29, 1.82) is 0 Å². The lowest BCUT2D eigenvalue weighted by atomic mass is 10.1. The first-order valence-corrected chi connectivity index (χ1v) is 6.75. The molecule has 1 aliphatic carbocycles. The van der Waals surface area contributed by atoms with Crippen LogP contribution in [0.4, 0.5) is 0 Å². The molecule has 0 aromatic carbocycles. The lowest BCUT2D eigenvalue weighted by molar-refractivity contribution is 0.0685. The Balaban J connectivity index is 1.71. The van der Waals surface area contributed by atoms with Crippen LogP contribution < -0.4 is 0 Å². The third-order valence-electron chi connectivity index (χ3n) is 3.08. The Labute approximate surface area is 101 Å². The fourth-order valence-corrected chi connectivity index (χ4v) is 2.94. The van der Waals surface area contributed by atoms with E-state index >= 15 is 0 Å². The monoisotopic (exact) mass is 238 g/mol. The lowest BCUT2D eigenvalue weighted by Gasteiger charge is -2.08. The van der Waals surface area contributed by atoms with E-state index < -0.39 is 0 Å². The van der Waals surface area contributed by atoms with Crippen molar-refractivity contribution < 1.29 is 9.53 Å². The Morgan fingerprint density at radius 3 is 2.81 bits per heavy atom. The molecule has 0 spiro atoms. The van der Waals surface area contributed by atoms with Crippen LogP contribution in [0.25, 0.3) is 0 Å². The molecule has 1 aromatic heterocycles. The number of hydrogen-bond acceptors (Lipinski definition) is 3. The maximum absolute atomic E-state index is 11.7. The summed E-state index contributed by atoms with van der Waals surface area (Å²) in [6.45, 7) is 3.02. The van der Waals surface area contributed by atoms with Crippen LogP contribution in [0.15, 0.2) is 12.1 Å². The smallest absolute Gasteiger partial charge is 0.198 e. The van der Waals surface area contributed by atoms with Gasteiger partial charge in [-0.15, -0.1) is 11.3 Å². The standard InChI is InChI=1S/C13H18O2S/c1-10-6-7-13(16-10)12(14)9-15-8-11-4-2-3-5-11/h6-7,11H,2-5,8-9H2,1H3. The van der Waals surface area contributed by atoms with Gasteiger partial charge >= 0.3 is 0 Å². The Hall–Kier alpha value is -0.670. The number of hydrogen-bond donors (Lipinski definition) is 0. The average Bonchev–Trinajstić information content (AvgIpc) is 2.89. The van der Waals surface area contributed by atoms with Crippen molar-refractivity contribution in [2.75, 3.05) is 13.2 Å². The molecular weight excluding hydrogens is 220 g/mol. The molecule has 16 heavy (non-hydrogen) atoms. The van der Waals surface area contributed by atoms with E-state index in [1.165, 1.54) is 30.6 Å². The van der Waals surface area contributed by atoms with Crippen molar-refractivity contribution in [1.82, 2.24) is 0 Å². The summed E-state index contributed by atoms with van der Waals surface area (Å²) in [6.07, 6.45) is 5.19. The van der Waals surface area contributed by atoms with Gasteiger partial charge in [0.2, 0.25) is 0 Å². The van der Waals surface area contributed by atoms with Crippen molar-refractivity contribution in [3.05, 3.63) is 21.9 Å². The molecule has 88 valence electrons. The van der Waals surface area contributed by atoms with Gasteiger partial charge in [0.15, 0.2) is 5.78 Å². The second-order valence-corrected chi connectivity index (χ2v) is 5.79. The molecular formula is C13H18O2S. The first kappa shape index (κ1) is 11.8. The van der Waals surface area contributed by atoms with Crippen molar-refractivity contribution in [2.24, 2.45) is 5.92 Å². The highest BCUT2D eigenvalue weighted by atomic mass is 32.1. The summed E-state index contributed by atoms with van der Waals surface area (Å²) in [5, 5.41) is 0. The minimum absolute atomic E-state index is 0.121. The third kappa shape index (κ3) is 3.16. The molecule has 0 amide bonds. The normalized spacial score (nSPS) is 16.8. The van der Waals surface area contributed by atoms with Crippen LogP contribution in [0.1, 0.15) is 40.2 Å². The fourth-order valence-electron chi connectivity index (χ4n) is 2.15. The minimum Gasteiger partial charge on any atom is -0.373 e. The van der Waals surface area contributed by atoms with Gasteiger partial charge in [0, 0.05) is 4.88 Å². The minimum atomic E-state index is 0.121. The molecule has 1 heterocycles. The van der Waals surface area contributed by atoms with Gasteiger partial charge in [0.1, 0.15) is 6.61 Å². The van der Waals surface area contributed by atoms with Gasteiger partial charge in [-0.25, -0.2) is 0 Å². The van der Waals surface area contributed by atoms with Gasteiger partial charge in [0.25, 0.3) is 0 Å². The summed E-state index contributed by atoms with van der Waals surface area (Å²) in [7, 11) is 0. The second-order valence-electron chi connectivity index (χ2n) is 4.50. The predicted octanol–water partition coefficient (Wildman–Crippen LogP) is 3.45. The Bertz CT molecular complexity index is 351. The molecule has 1 aliphatic rings. The van der Waals surface area contributed by atoms with Crippen molar-refractivity contribution >= 4 is 17.1 Å². The van der Waals surface area contributed by atoms with E-state index in [4.69, 9.17) is 4.74 Å². The van der Waals surface area contributed by atoms with Crippen molar-refractivity contribution in [3.8, 4) is 0 Å². The predicted molar refractivity (Wildman–Crippen MR) is 66.2 cm³/mol. The number of rotatable bonds is 5. The summed E-state index contributed by atoms with van der Waals surface area (Å²) in [5.74, 6) is 0.814. The van der Waals surface area contributed by atoms with Gasteiger partial charge in [-0.05, 0) is 37.8 Å². The van der Waals surface area contributed by atoms with E-state index in [9.17, 15) is 4.79 Å². The lowest BCUT2D eigenvalue weighted by Crippen LogP contribution is -2.12. The molecule has 2 nitrogen and oxygen atoms in total. The van der Waals surface area contributed by atoms with Gasteiger partial charge in [-0.1, -0.05) is 12.8 Å². The zero-order chi connectivity index (χ0) is 11.4. The quantitative estimate of drug-likeness (QED) is 0.734. The molecule has 0 radical (unpaired) electrons. The number of aryl methyl sites for hydroxylation is 1. The second kappa shape index (κ2) is 5.60. The van der Waals surface area contributed by atoms with Crippen LogP contribution in [-0.2, 0) is 4.74 Å². The number of ether oxygens (including phenoxy) is 1. The number of thiophene rings is 1. The molecule has 1 aromatic rings. The topological polar surface area (TPSA) is 26.3 Å². The Kier molecular flexibility index (Phi) is 4.13.